The molecule has 1 heterocycles. The minimum atomic E-state index is -0.394. The lowest BCUT2D eigenvalue weighted by molar-refractivity contribution is -0.122. The van der Waals surface area contributed by atoms with E-state index in [0.717, 1.165) is 27.7 Å². The van der Waals surface area contributed by atoms with Crippen LogP contribution < -0.4 is 10.2 Å². The first kappa shape index (κ1) is 17.6. The zero-order valence-corrected chi connectivity index (χ0v) is 15.7. The van der Waals surface area contributed by atoms with Gasteiger partial charge >= 0.3 is 0 Å². The molecular weight excluding hydrogens is 360 g/mol. The molecule has 3 aromatic carbocycles. The summed E-state index contributed by atoms with van der Waals surface area (Å²) in [6.07, 6.45) is 0.197. The van der Waals surface area contributed by atoms with E-state index in [9.17, 15) is 9.59 Å². The molecule has 0 aromatic heterocycles. The Bertz CT molecular complexity index is 1040. The summed E-state index contributed by atoms with van der Waals surface area (Å²) >= 11 is 6.18. The molecule has 1 saturated heterocycles. The van der Waals surface area contributed by atoms with E-state index in [1.54, 1.807) is 11.0 Å². The van der Waals surface area contributed by atoms with Gasteiger partial charge < -0.3 is 10.2 Å². The van der Waals surface area contributed by atoms with Gasteiger partial charge in [0.2, 0.25) is 11.8 Å². The first-order chi connectivity index (χ1) is 13.0. The van der Waals surface area contributed by atoms with Crippen molar-refractivity contribution < 1.29 is 9.59 Å². The van der Waals surface area contributed by atoms with E-state index in [1.165, 1.54) is 0 Å². The predicted octanol–water partition coefficient (Wildman–Crippen LogP) is 4.79. The number of carbonyl (C=O) groups excluding carboxylic acids is 2. The van der Waals surface area contributed by atoms with Crippen LogP contribution in [0.5, 0.6) is 0 Å². The molecule has 0 spiro atoms. The van der Waals surface area contributed by atoms with Gasteiger partial charge in [0, 0.05) is 34.7 Å². The monoisotopic (exact) mass is 378 g/mol. The van der Waals surface area contributed by atoms with E-state index < -0.39 is 5.92 Å². The quantitative estimate of drug-likeness (QED) is 0.712. The third kappa shape index (κ3) is 3.28. The highest BCUT2D eigenvalue weighted by molar-refractivity contribution is 6.31. The fourth-order valence-corrected chi connectivity index (χ4v) is 3.74. The van der Waals surface area contributed by atoms with Gasteiger partial charge in [0.15, 0.2) is 0 Å². The highest BCUT2D eigenvalue weighted by atomic mass is 35.5. The second-order valence-electron chi connectivity index (χ2n) is 6.81. The van der Waals surface area contributed by atoms with Gasteiger partial charge in [-0.2, -0.15) is 0 Å². The highest BCUT2D eigenvalue weighted by Crippen LogP contribution is 2.32. The van der Waals surface area contributed by atoms with Crippen molar-refractivity contribution >= 4 is 45.6 Å². The summed E-state index contributed by atoms with van der Waals surface area (Å²) in [7, 11) is 0. The second-order valence-corrected chi connectivity index (χ2v) is 7.21. The van der Waals surface area contributed by atoms with Gasteiger partial charge in [-0.05, 0) is 36.1 Å². The van der Waals surface area contributed by atoms with Crippen molar-refractivity contribution in [1.82, 2.24) is 0 Å². The number of hydrogen-bond donors (Lipinski definition) is 1. The van der Waals surface area contributed by atoms with Crippen LogP contribution >= 0.6 is 11.6 Å². The predicted molar refractivity (Wildman–Crippen MR) is 109 cm³/mol. The fraction of sp³-hybridized carbons (Fsp3) is 0.182. The molecule has 1 fully saturated rings. The van der Waals surface area contributed by atoms with Gasteiger partial charge in [0.1, 0.15) is 0 Å². The van der Waals surface area contributed by atoms with E-state index in [0.29, 0.717) is 11.6 Å². The minimum Gasteiger partial charge on any atom is -0.325 e. The average Bonchev–Trinajstić information content (AvgIpc) is 3.06. The molecule has 2 amide bonds. The van der Waals surface area contributed by atoms with Gasteiger partial charge in [0.25, 0.3) is 0 Å². The Labute approximate surface area is 162 Å². The molecule has 0 radical (unpaired) electrons. The molecule has 136 valence electrons. The summed E-state index contributed by atoms with van der Waals surface area (Å²) in [5.41, 5.74) is 2.39. The number of rotatable bonds is 3. The number of nitrogens with zero attached hydrogens (tertiary/aromatic N) is 1. The molecule has 27 heavy (non-hydrogen) atoms. The Morgan fingerprint density at radius 2 is 1.81 bits per heavy atom. The molecule has 0 saturated carbocycles. The minimum absolute atomic E-state index is 0.0570. The number of anilines is 2. The van der Waals surface area contributed by atoms with Gasteiger partial charge in [0.05, 0.1) is 5.92 Å². The van der Waals surface area contributed by atoms with Crippen molar-refractivity contribution in [1.29, 1.82) is 0 Å². The van der Waals surface area contributed by atoms with Gasteiger partial charge in [-0.3, -0.25) is 9.59 Å². The van der Waals surface area contributed by atoms with Crippen LogP contribution in [0.15, 0.2) is 60.7 Å². The van der Waals surface area contributed by atoms with Crippen molar-refractivity contribution in [3.63, 3.8) is 0 Å². The average molecular weight is 379 g/mol. The maximum atomic E-state index is 12.8. The zero-order valence-electron chi connectivity index (χ0n) is 14.9. The summed E-state index contributed by atoms with van der Waals surface area (Å²) in [6, 6.07) is 19.2. The third-order valence-corrected chi connectivity index (χ3v) is 5.48. The van der Waals surface area contributed by atoms with Crippen LogP contribution in [0.2, 0.25) is 5.02 Å². The molecule has 0 unspecified atom stereocenters. The van der Waals surface area contributed by atoms with E-state index in [-0.39, 0.29) is 18.2 Å². The smallest absolute Gasteiger partial charge is 0.229 e. The molecular formula is C22H19ClN2O2. The Balaban J connectivity index is 1.55. The molecule has 0 bridgehead atoms. The molecule has 1 N–H and O–H groups in total. The molecule has 0 aliphatic carbocycles. The number of halogens is 1. The molecule has 1 aliphatic rings. The maximum Gasteiger partial charge on any atom is 0.229 e. The first-order valence-electron chi connectivity index (χ1n) is 8.88. The van der Waals surface area contributed by atoms with E-state index >= 15 is 0 Å². The number of benzene rings is 3. The van der Waals surface area contributed by atoms with Crippen molar-refractivity contribution in [2.75, 3.05) is 16.8 Å². The van der Waals surface area contributed by atoms with Crippen LogP contribution in [0, 0.1) is 12.8 Å². The number of hydrogen-bond acceptors (Lipinski definition) is 2. The lowest BCUT2D eigenvalue weighted by atomic mass is 10.1. The number of amides is 2. The maximum absolute atomic E-state index is 12.8. The van der Waals surface area contributed by atoms with E-state index in [1.807, 2.05) is 61.5 Å². The fourth-order valence-electron chi connectivity index (χ4n) is 3.57. The van der Waals surface area contributed by atoms with Crippen LogP contribution in [-0.4, -0.2) is 18.4 Å². The summed E-state index contributed by atoms with van der Waals surface area (Å²) in [4.78, 5) is 27.0. The standard InChI is InChI=1S/C22H19ClN2O2/c1-14-18(23)9-5-11-20(14)25-13-16(12-21(25)26)22(27)24-19-10-4-7-15-6-2-3-8-17(15)19/h2-11,16H,12-13H2,1H3,(H,24,27)/t16-/m1/s1. The summed E-state index contributed by atoms with van der Waals surface area (Å²) in [5, 5.41) is 5.67. The van der Waals surface area contributed by atoms with Crippen molar-refractivity contribution in [3.8, 4) is 0 Å². The lowest BCUT2D eigenvalue weighted by Crippen LogP contribution is -2.28. The van der Waals surface area contributed by atoms with Gasteiger partial charge in [-0.15, -0.1) is 0 Å². The van der Waals surface area contributed by atoms with Gasteiger partial charge in [-0.1, -0.05) is 54.1 Å². The summed E-state index contributed by atoms with van der Waals surface area (Å²) in [5.74, 6) is -0.588. The molecule has 1 aliphatic heterocycles. The largest absolute Gasteiger partial charge is 0.325 e. The van der Waals surface area contributed by atoms with Crippen LogP contribution in [-0.2, 0) is 9.59 Å². The summed E-state index contributed by atoms with van der Waals surface area (Å²) in [6.45, 7) is 2.24. The van der Waals surface area contributed by atoms with Gasteiger partial charge in [-0.25, -0.2) is 0 Å². The van der Waals surface area contributed by atoms with Crippen LogP contribution in [0.1, 0.15) is 12.0 Å². The molecule has 3 aromatic rings. The molecule has 4 nitrogen and oxygen atoms in total. The highest BCUT2D eigenvalue weighted by Gasteiger charge is 2.36. The van der Waals surface area contributed by atoms with E-state index in [2.05, 4.69) is 5.32 Å². The normalized spacial score (nSPS) is 16.7. The topological polar surface area (TPSA) is 49.4 Å². The van der Waals surface area contributed by atoms with Crippen molar-refractivity contribution in [3.05, 3.63) is 71.2 Å². The molecule has 1 atom stereocenters. The SMILES string of the molecule is Cc1c(Cl)cccc1N1C[C@H](C(=O)Nc2cccc3ccccc23)CC1=O. The van der Waals surface area contributed by atoms with Crippen LogP contribution in [0.4, 0.5) is 11.4 Å². The Morgan fingerprint density at radius 1 is 1.07 bits per heavy atom. The van der Waals surface area contributed by atoms with Crippen LogP contribution in [0.25, 0.3) is 10.8 Å². The number of nitrogens with one attached hydrogen (secondary N) is 1. The Kier molecular flexibility index (Phi) is 4.58. The van der Waals surface area contributed by atoms with Crippen molar-refractivity contribution in [2.45, 2.75) is 13.3 Å². The lowest BCUT2D eigenvalue weighted by Gasteiger charge is -2.19. The Morgan fingerprint density at radius 3 is 2.67 bits per heavy atom. The van der Waals surface area contributed by atoms with Crippen LogP contribution in [0.3, 0.4) is 0 Å². The number of fused-ring (bicyclic) bond motifs is 1. The Hall–Kier alpha value is -2.85. The summed E-state index contributed by atoms with van der Waals surface area (Å²) < 4.78 is 0. The van der Waals surface area contributed by atoms with E-state index in [4.69, 9.17) is 11.6 Å². The van der Waals surface area contributed by atoms with Crippen molar-refractivity contribution in [2.24, 2.45) is 5.92 Å². The molecule has 4 rings (SSSR count). The molecule has 5 heteroatoms. The number of carbonyl (C=O) groups is 2. The second kappa shape index (κ2) is 7.05. The zero-order chi connectivity index (χ0) is 19.0. The first-order valence-corrected chi connectivity index (χ1v) is 9.26. The third-order valence-electron chi connectivity index (χ3n) is 5.07.